The predicted molar refractivity (Wildman–Crippen MR) is 85.6 cm³/mol. The molecule has 1 aliphatic rings. The Morgan fingerprint density at radius 1 is 1.33 bits per heavy atom. The number of nitro groups is 1. The highest BCUT2D eigenvalue weighted by atomic mass is 16.6. The molecule has 1 saturated carbocycles. The SMILES string of the molecule is CCCNc1ccc([N+](=O)[O-])cc1CN(CCC)C1CC1. The second-order valence-electron chi connectivity index (χ2n) is 5.73. The Labute approximate surface area is 126 Å². The van der Waals surface area contributed by atoms with Crippen LogP contribution in [-0.2, 0) is 6.54 Å². The van der Waals surface area contributed by atoms with Crippen LogP contribution in [0.5, 0.6) is 0 Å². The van der Waals surface area contributed by atoms with Crippen molar-refractivity contribution in [2.45, 2.75) is 52.1 Å². The minimum Gasteiger partial charge on any atom is -0.385 e. The average molecular weight is 291 g/mol. The topological polar surface area (TPSA) is 58.4 Å². The van der Waals surface area contributed by atoms with E-state index < -0.39 is 0 Å². The summed E-state index contributed by atoms with van der Waals surface area (Å²) in [5.74, 6) is 0. The zero-order valence-electron chi connectivity index (χ0n) is 13.0. The van der Waals surface area contributed by atoms with Crippen LogP contribution in [0.25, 0.3) is 0 Å². The maximum atomic E-state index is 11.0. The van der Waals surface area contributed by atoms with Crippen molar-refractivity contribution >= 4 is 11.4 Å². The van der Waals surface area contributed by atoms with Crippen molar-refractivity contribution in [2.24, 2.45) is 0 Å². The molecule has 0 aliphatic heterocycles. The van der Waals surface area contributed by atoms with Gasteiger partial charge < -0.3 is 5.32 Å². The van der Waals surface area contributed by atoms with E-state index in [0.717, 1.165) is 43.7 Å². The van der Waals surface area contributed by atoms with Gasteiger partial charge in [0.15, 0.2) is 0 Å². The van der Waals surface area contributed by atoms with E-state index in [1.165, 1.54) is 12.8 Å². The first-order valence-corrected chi connectivity index (χ1v) is 7.91. The van der Waals surface area contributed by atoms with E-state index in [0.29, 0.717) is 6.04 Å². The second kappa shape index (κ2) is 7.41. The highest BCUT2D eigenvalue weighted by molar-refractivity contribution is 5.56. The Balaban J connectivity index is 2.19. The quantitative estimate of drug-likeness (QED) is 0.555. The number of nitro benzene ring substituents is 1. The van der Waals surface area contributed by atoms with E-state index >= 15 is 0 Å². The zero-order chi connectivity index (χ0) is 15.2. The molecule has 0 saturated heterocycles. The predicted octanol–water partition coefficient (Wildman–Crippen LogP) is 3.79. The van der Waals surface area contributed by atoms with Gasteiger partial charge in [0, 0.05) is 37.0 Å². The Kier molecular flexibility index (Phi) is 5.56. The van der Waals surface area contributed by atoms with Crippen molar-refractivity contribution in [1.29, 1.82) is 0 Å². The van der Waals surface area contributed by atoms with Crippen LogP contribution in [0.4, 0.5) is 11.4 Å². The summed E-state index contributed by atoms with van der Waals surface area (Å²) in [4.78, 5) is 13.2. The Hall–Kier alpha value is -1.62. The minimum absolute atomic E-state index is 0.180. The van der Waals surface area contributed by atoms with Crippen molar-refractivity contribution in [3.05, 3.63) is 33.9 Å². The molecule has 1 N–H and O–H groups in total. The molecule has 1 aromatic carbocycles. The van der Waals surface area contributed by atoms with E-state index in [2.05, 4.69) is 24.1 Å². The smallest absolute Gasteiger partial charge is 0.269 e. The molecule has 0 heterocycles. The number of nitrogens with zero attached hydrogens (tertiary/aromatic N) is 2. The summed E-state index contributed by atoms with van der Waals surface area (Å²) in [7, 11) is 0. The van der Waals surface area contributed by atoms with Gasteiger partial charge in [-0.25, -0.2) is 0 Å². The van der Waals surface area contributed by atoms with Gasteiger partial charge in [0.2, 0.25) is 0 Å². The van der Waals surface area contributed by atoms with Gasteiger partial charge in [-0.2, -0.15) is 0 Å². The monoisotopic (exact) mass is 291 g/mol. The Bertz CT molecular complexity index is 486. The fourth-order valence-electron chi connectivity index (χ4n) is 2.59. The third-order valence-corrected chi connectivity index (χ3v) is 3.81. The molecule has 0 amide bonds. The van der Waals surface area contributed by atoms with Crippen LogP contribution in [0.1, 0.15) is 45.1 Å². The molecular formula is C16H25N3O2. The van der Waals surface area contributed by atoms with Crippen molar-refractivity contribution in [3.63, 3.8) is 0 Å². The Morgan fingerprint density at radius 2 is 2.10 bits per heavy atom. The molecule has 0 atom stereocenters. The summed E-state index contributed by atoms with van der Waals surface area (Å²) in [6, 6.07) is 5.83. The molecule has 21 heavy (non-hydrogen) atoms. The first kappa shape index (κ1) is 15.8. The molecule has 5 nitrogen and oxygen atoms in total. The van der Waals surface area contributed by atoms with Gasteiger partial charge in [0.05, 0.1) is 4.92 Å². The highest BCUT2D eigenvalue weighted by Gasteiger charge is 2.29. The third kappa shape index (κ3) is 4.43. The number of non-ortho nitro benzene ring substituents is 1. The lowest BCUT2D eigenvalue weighted by atomic mass is 10.1. The van der Waals surface area contributed by atoms with Crippen LogP contribution in [-0.4, -0.2) is 29.0 Å². The number of hydrogen-bond acceptors (Lipinski definition) is 4. The van der Waals surface area contributed by atoms with Gasteiger partial charge >= 0.3 is 0 Å². The maximum absolute atomic E-state index is 11.0. The van der Waals surface area contributed by atoms with Crippen molar-refractivity contribution in [2.75, 3.05) is 18.4 Å². The maximum Gasteiger partial charge on any atom is 0.269 e. The lowest BCUT2D eigenvalue weighted by molar-refractivity contribution is -0.384. The fraction of sp³-hybridized carbons (Fsp3) is 0.625. The van der Waals surface area contributed by atoms with E-state index in [-0.39, 0.29) is 10.6 Å². The van der Waals surface area contributed by atoms with Crippen molar-refractivity contribution in [3.8, 4) is 0 Å². The minimum atomic E-state index is -0.311. The Morgan fingerprint density at radius 3 is 2.67 bits per heavy atom. The molecule has 0 aromatic heterocycles. The third-order valence-electron chi connectivity index (χ3n) is 3.81. The molecule has 116 valence electrons. The molecule has 0 spiro atoms. The lowest BCUT2D eigenvalue weighted by Gasteiger charge is -2.23. The summed E-state index contributed by atoms with van der Waals surface area (Å²) in [5.41, 5.74) is 2.25. The molecule has 0 radical (unpaired) electrons. The fourth-order valence-corrected chi connectivity index (χ4v) is 2.59. The normalized spacial score (nSPS) is 14.4. The van der Waals surface area contributed by atoms with Gasteiger partial charge in [-0.05, 0) is 43.9 Å². The molecule has 1 fully saturated rings. The molecular weight excluding hydrogens is 266 g/mol. The lowest BCUT2D eigenvalue weighted by Crippen LogP contribution is -2.26. The van der Waals surface area contributed by atoms with Crippen LogP contribution in [0, 0.1) is 10.1 Å². The molecule has 0 unspecified atom stereocenters. The van der Waals surface area contributed by atoms with Crippen LogP contribution in [0.15, 0.2) is 18.2 Å². The van der Waals surface area contributed by atoms with Crippen LogP contribution >= 0.6 is 0 Å². The van der Waals surface area contributed by atoms with E-state index in [1.54, 1.807) is 12.1 Å². The average Bonchev–Trinajstić information content (AvgIpc) is 3.29. The van der Waals surface area contributed by atoms with Gasteiger partial charge in [0.1, 0.15) is 0 Å². The number of benzene rings is 1. The number of anilines is 1. The van der Waals surface area contributed by atoms with Gasteiger partial charge in [0.25, 0.3) is 5.69 Å². The number of hydrogen-bond donors (Lipinski definition) is 1. The summed E-state index contributed by atoms with van der Waals surface area (Å²) >= 11 is 0. The first-order chi connectivity index (χ1) is 10.2. The standard InChI is InChI=1S/C16H25N3O2/c1-3-9-17-16-8-7-15(19(20)21)11-13(16)12-18(10-4-2)14-5-6-14/h7-8,11,14,17H,3-6,9-10,12H2,1-2H3. The summed E-state index contributed by atoms with van der Waals surface area (Å²) in [6.45, 7) is 7.04. The molecule has 0 bridgehead atoms. The van der Waals surface area contributed by atoms with Crippen LogP contribution in [0.2, 0.25) is 0 Å². The molecule has 1 aromatic rings. The summed E-state index contributed by atoms with van der Waals surface area (Å²) in [6.07, 6.45) is 4.67. The first-order valence-electron chi connectivity index (χ1n) is 7.91. The summed E-state index contributed by atoms with van der Waals surface area (Å²) in [5, 5.41) is 14.4. The zero-order valence-corrected chi connectivity index (χ0v) is 13.0. The highest BCUT2D eigenvalue weighted by Crippen LogP contribution is 2.31. The molecule has 5 heteroatoms. The van der Waals surface area contributed by atoms with E-state index in [1.807, 2.05) is 6.07 Å². The van der Waals surface area contributed by atoms with Gasteiger partial charge in [-0.3, -0.25) is 15.0 Å². The van der Waals surface area contributed by atoms with Crippen LogP contribution in [0.3, 0.4) is 0 Å². The van der Waals surface area contributed by atoms with Gasteiger partial charge in [-0.1, -0.05) is 13.8 Å². The van der Waals surface area contributed by atoms with E-state index in [9.17, 15) is 10.1 Å². The second-order valence-corrected chi connectivity index (χ2v) is 5.73. The van der Waals surface area contributed by atoms with Gasteiger partial charge in [-0.15, -0.1) is 0 Å². The number of rotatable bonds is 9. The van der Waals surface area contributed by atoms with Crippen molar-refractivity contribution < 1.29 is 4.92 Å². The summed E-state index contributed by atoms with van der Waals surface area (Å²) < 4.78 is 0. The van der Waals surface area contributed by atoms with Crippen LogP contribution < -0.4 is 5.32 Å². The van der Waals surface area contributed by atoms with Crippen molar-refractivity contribution in [1.82, 2.24) is 4.90 Å². The molecule has 2 rings (SSSR count). The number of nitrogens with one attached hydrogen (secondary N) is 1. The molecule has 1 aliphatic carbocycles. The van der Waals surface area contributed by atoms with E-state index in [4.69, 9.17) is 0 Å². The largest absolute Gasteiger partial charge is 0.385 e.